The van der Waals surface area contributed by atoms with Crippen molar-refractivity contribution in [2.75, 3.05) is 33.0 Å². The van der Waals surface area contributed by atoms with E-state index in [-0.39, 0.29) is 25.6 Å². The highest BCUT2D eigenvalue weighted by Crippen LogP contribution is 2.26. The second kappa shape index (κ2) is 39.1. The monoisotopic (exact) mass is 929 g/mol. The normalized spacial score (nSPS) is 26.8. The molecule has 0 aromatic heterocycles. The lowest BCUT2D eigenvalue weighted by Crippen LogP contribution is -2.61. The molecule has 2 heterocycles. The van der Waals surface area contributed by atoms with Crippen LogP contribution < -0.4 is 0 Å². The molecule has 0 bridgehead atoms. The van der Waals surface area contributed by atoms with E-state index in [2.05, 4.69) is 50.3 Å². The summed E-state index contributed by atoms with van der Waals surface area (Å²) in [6.07, 6.45) is 26.3. The van der Waals surface area contributed by atoms with Gasteiger partial charge in [-0.15, -0.1) is 0 Å². The van der Waals surface area contributed by atoms with Gasteiger partial charge in [-0.2, -0.15) is 0 Å². The largest absolute Gasteiger partial charge is 0.457 e. The molecule has 0 spiro atoms. The number of esters is 1. The predicted octanol–water partition coefficient (Wildman–Crippen LogP) is 7.41. The summed E-state index contributed by atoms with van der Waals surface area (Å²) in [7, 11) is 0. The molecule has 14 heteroatoms. The van der Waals surface area contributed by atoms with Crippen molar-refractivity contribution in [1.29, 1.82) is 0 Å². The number of carbonyl (C=O) groups is 1. The molecule has 2 rings (SSSR count). The summed E-state index contributed by atoms with van der Waals surface area (Å²) in [6.45, 7) is 3.62. The topological polar surface area (TPSA) is 214 Å². The van der Waals surface area contributed by atoms with Gasteiger partial charge in [-0.3, -0.25) is 4.79 Å². The van der Waals surface area contributed by atoms with Gasteiger partial charge in [0.2, 0.25) is 0 Å². The second-order valence-corrected chi connectivity index (χ2v) is 18.0. The molecule has 2 aliphatic heterocycles. The lowest BCUT2D eigenvalue weighted by molar-refractivity contribution is -0.332. The molecule has 0 aromatic rings. The predicted molar refractivity (Wildman–Crippen MR) is 252 cm³/mol. The standard InChI is InChI=1S/C51H92O14/c1-3-5-7-9-11-13-15-17-19-21-23-25-27-29-31-33-35-60-37-40(63-43(53)34-32-30-28-26-24-22-20-18-16-14-12-10-8-6-4-2)38-61-50-49(59)47(57)45(55)42(65-50)39-62-51-48(58)46(56)44(54)41(36-52)64-51/h11,13,17-20,40-42,44-52,54-59H,3-10,12,14-16,21-39H2,1-2H3/b13-11-,19-17-,20-18-. The Kier molecular flexibility index (Phi) is 35.7. The van der Waals surface area contributed by atoms with Gasteiger partial charge >= 0.3 is 5.97 Å². The summed E-state index contributed by atoms with van der Waals surface area (Å²) in [5.74, 6) is -0.389. The first kappa shape index (κ1) is 59.3. The SMILES string of the molecule is CCCCC/C=C\C/C=C\CCCCCCCCOCC(COC1OC(COC2OC(CO)C(O)C(O)C2O)C(O)C(O)C1O)OC(=O)CCCCCCC/C=C\CCCCCCCC. The van der Waals surface area contributed by atoms with Crippen molar-refractivity contribution in [1.82, 2.24) is 0 Å². The molecule has 2 aliphatic rings. The van der Waals surface area contributed by atoms with E-state index in [9.17, 15) is 40.5 Å². The minimum absolute atomic E-state index is 0.0516. The summed E-state index contributed by atoms with van der Waals surface area (Å²) in [5.41, 5.74) is 0. The van der Waals surface area contributed by atoms with Crippen molar-refractivity contribution < 1.29 is 69.0 Å². The highest BCUT2D eigenvalue weighted by atomic mass is 16.7. The average Bonchev–Trinajstić information content (AvgIpc) is 3.30. The third-order valence-corrected chi connectivity index (χ3v) is 12.1. The minimum Gasteiger partial charge on any atom is -0.457 e. The highest BCUT2D eigenvalue weighted by molar-refractivity contribution is 5.69. The van der Waals surface area contributed by atoms with E-state index in [0.29, 0.717) is 13.0 Å². The molecule has 0 aromatic carbocycles. The maximum atomic E-state index is 13.0. The van der Waals surface area contributed by atoms with E-state index in [1.165, 1.54) is 77.0 Å². The van der Waals surface area contributed by atoms with Crippen LogP contribution in [0.15, 0.2) is 36.5 Å². The summed E-state index contributed by atoms with van der Waals surface area (Å²) >= 11 is 0. The van der Waals surface area contributed by atoms with Crippen molar-refractivity contribution in [3.8, 4) is 0 Å². The number of aliphatic hydroxyl groups is 7. The first-order valence-electron chi connectivity index (χ1n) is 25.6. The molecule has 0 amide bonds. The van der Waals surface area contributed by atoms with Gasteiger partial charge in [0.1, 0.15) is 54.9 Å². The summed E-state index contributed by atoms with van der Waals surface area (Å²) < 4.78 is 34.2. The Bertz CT molecular complexity index is 1220. The number of aliphatic hydroxyl groups excluding tert-OH is 7. The zero-order chi connectivity index (χ0) is 47.3. The first-order valence-corrected chi connectivity index (χ1v) is 25.6. The van der Waals surface area contributed by atoms with Crippen LogP contribution in [0.2, 0.25) is 0 Å². The lowest BCUT2D eigenvalue weighted by atomic mass is 9.98. The summed E-state index contributed by atoms with van der Waals surface area (Å²) in [6, 6.07) is 0. The zero-order valence-corrected chi connectivity index (χ0v) is 40.2. The van der Waals surface area contributed by atoms with Crippen LogP contribution >= 0.6 is 0 Å². The van der Waals surface area contributed by atoms with Crippen LogP contribution in [0.1, 0.15) is 181 Å². The quantitative estimate of drug-likeness (QED) is 0.0181. The molecular weight excluding hydrogens is 837 g/mol. The van der Waals surface area contributed by atoms with Gasteiger partial charge < -0.3 is 64.2 Å². The molecule has 2 saturated heterocycles. The van der Waals surface area contributed by atoms with Crippen molar-refractivity contribution in [3.05, 3.63) is 36.5 Å². The lowest BCUT2D eigenvalue weighted by Gasteiger charge is -2.42. The van der Waals surface area contributed by atoms with Crippen molar-refractivity contribution in [2.45, 2.75) is 248 Å². The molecule has 65 heavy (non-hydrogen) atoms. The third kappa shape index (κ3) is 27.1. The van der Waals surface area contributed by atoms with Crippen LogP contribution in [0.4, 0.5) is 0 Å². The van der Waals surface area contributed by atoms with Crippen LogP contribution in [0, 0.1) is 0 Å². The van der Waals surface area contributed by atoms with E-state index in [0.717, 1.165) is 77.0 Å². The Morgan fingerprint density at radius 3 is 1.52 bits per heavy atom. The highest BCUT2D eigenvalue weighted by Gasteiger charge is 2.47. The van der Waals surface area contributed by atoms with Crippen LogP contribution in [0.5, 0.6) is 0 Å². The Balaban J connectivity index is 1.79. The minimum atomic E-state index is -1.71. The van der Waals surface area contributed by atoms with Crippen molar-refractivity contribution in [3.63, 3.8) is 0 Å². The van der Waals surface area contributed by atoms with Gasteiger partial charge in [-0.1, -0.05) is 140 Å². The average molecular weight is 929 g/mol. The Morgan fingerprint density at radius 2 is 0.954 bits per heavy atom. The fraction of sp³-hybridized carbons (Fsp3) is 0.863. The van der Waals surface area contributed by atoms with E-state index in [4.69, 9.17) is 28.4 Å². The molecular formula is C51H92O14. The van der Waals surface area contributed by atoms with Gasteiger partial charge in [0, 0.05) is 13.0 Å². The molecule has 2 fully saturated rings. The van der Waals surface area contributed by atoms with Gasteiger partial charge in [-0.25, -0.2) is 0 Å². The maximum absolute atomic E-state index is 13.0. The van der Waals surface area contributed by atoms with Crippen LogP contribution in [0.3, 0.4) is 0 Å². The molecule has 14 nitrogen and oxygen atoms in total. The van der Waals surface area contributed by atoms with Gasteiger partial charge in [0.25, 0.3) is 0 Å². The van der Waals surface area contributed by atoms with Gasteiger partial charge in [-0.05, 0) is 70.6 Å². The van der Waals surface area contributed by atoms with Crippen LogP contribution in [-0.4, -0.2) is 142 Å². The van der Waals surface area contributed by atoms with Crippen LogP contribution in [0.25, 0.3) is 0 Å². The summed E-state index contributed by atoms with van der Waals surface area (Å²) in [4.78, 5) is 13.0. The number of hydrogen-bond acceptors (Lipinski definition) is 14. The molecule has 7 N–H and O–H groups in total. The van der Waals surface area contributed by atoms with E-state index < -0.39 is 80.7 Å². The zero-order valence-electron chi connectivity index (χ0n) is 40.2. The van der Waals surface area contributed by atoms with E-state index >= 15 is 0 Å². The molecule has 380 valence electrons. The number of ether oxygens (including phenoxy) is 6. The smallest absolute Gasteiger partial charge is 0.306 e. The summed E-state index contributed by atoms with van der Waals surface area (Å²) in [5, 5.41) is 72.1. The van der Waals surface area contributed by atoms with E-state index in [1.807, 2.05) is 0 Å². The van der Waals surface area contributed by atoms with Crippen LogP contribution in [-0.2, 0) is 33.2 Å². The molecule has 11 atom stereocenters. The molecule has 0 radical (unpaired) electrons. The number of allylic oxidation sites excluding steroid dienone is 6. The second-order valence-electron chi connectivity index (χ2n) is 18.0. The molecule has 0 saturated carbocycles. The fourth-order valence-electron chi connectivity index (χ4n) is 7.90. The number of carbonyl (C=O) groups excluding carboxylic acids is 1. The Labute approximate surface area is 391 Å². The maximum Gasteiger partial charge on any atom is 0.306 e. The van der Waals surface area contributed by atoms with E-state index in [1.54, 1.807) is 0 Å². The number of hydrogen-bond donors (Lipinski definition) is 7. The van der Waals surface area contributed by atoms with Crippen molar-refractivity contribution in [2.24, 2.45) is 0 Å². The molecule has 11 unspecified atom stereocenters. The number of unbranched alkanes of at least 4 members (excludes halogenated alkanes) is 20. The van der Waals surface area contributed by atoms with Gasteiger partial charge in [0.05, 0.1) is 26.4 Å². The Morgan fingerprint density at radius 1 is 0.508 bits per heavy atom. The Hall–Kier alpha value is -1.79. The first-order chi connectivity index (χ1) is 31.6. The van der Waals surface area contributed by atoms with Crippen molar-refractivity contribution >= 4 is 5.97 Å². The third-order valence-electron chi connectivity index (χ3n) is 12.1. The van der Waals surface area contributed by atoms with Gasteiger partial charge in [0.15, 0.2) is 12.6 Å². The number of rotatable bonds is 40. The fourth-order valence-corrected chi connectivity index (χ4v) is 7.90. The molecule has 0 aliphatic carbocycles.